The van der Waals surface area contributed by atoms with Gasteiger partial charge in [0.15, 0.2) is 4.77 Å². The van der Waals surface area contributed by atoms with Gasteiger partial charge in [0.1, 0.15) is 11.9 Å². The monoisotopic (exact) mass is 472 g/mol. The largest absolute Gasteiger partial charge is 0.464 e. The number of nitrogens with zero attached hydrogens (tertiary/aromatic N) is 3. The number of amides is 1. The lowest BCUT2D eigenvalue weighted by molar-refractivity contribution is -0.146. The number of carbonyl (C=O) groups excluding carboxylic acids is 2. The van der Waals surface area contributed by atoms with Crippen molar-refractivity contribution in [3.05, 3.63) is 54.3 Å². The average Bonchev–Trinajstić information content (AvgIpc) is 2.70. The number of benzene rings is 1. The molecule has 0 aliphatic heterocycles. The number of hydrogen-bond donors (Lipinski definition) is 1. The average molecular weight is 473 g/mol. The van der Waals surface area contributed by atoms with Crippen LogP contribution in [0.2, 0.25) is 5.02 Å². The van der Waals surface area contributed by atoms with Gasteiger partial charge >= 0.3 is 17.3 Å². The second kappa shape index (κ2) is 9.56. The maximum atomic E-state index is 14.7. The van der Waals surface area contributed by atoms with Gasteiger partial charge in [-0.25, -0.2) is 23.3 Å². The summed E-state index contributed by atoms with van der Waals surface area (Å²) in [4.78, 5) is 50.2. The molecule has 0 aliphatic rings. The number of esters is 1. The van der Waals surface area contributed by atoms with E-state index in [0.29, 0.717) is 4.57 Å². The Morgan fingerprint density at radius 3 is 2.23 bits per heavy atom. The van der Waals surface area contributed by atoms with Crippen LogP contribution >= 0.6 is 23.8 Å². The smallest absolute Gasteiger partial charge is 0.338 e. The molecule has 1 amide bonds. The number of hydrogen-bond acceptors (Lipinski definition) is 6. The second-order valence-corrected chi connectivity index (χ2v) is 7.80. The van der Waals surface area contributed by atoms with Crippen molar-refractivity contribution in [2.45, 2.75) is 26.8 Å². The molecule has 0 bridgehead atoms. The third-order valence-electron chi connectivity index (χ3n) is 4.55. The molecule has 31 heavy (non-hydrogen) atoms. The van der Waals surface area contributed by atoms with Crippen LogP contribution in [0.4, 0.5) is 4.39 Å². The standard InChI is InChI=1S/C19H22ClFN4O5S/c1-6-30-16(27)14(9(2)3)22-15(26)10-7-13(12(21)8-11(10)20)25-17(28)23(4)19(31)24(5)18(25)29/h7-9,14H,6H2,1-5H3,(H,22,26). The highest BCUT2D eigenvalue weighted by Gasteiger charge is 2.27. The molecule has 1 unspecified atom stereocenters. The lowest BCUT2D eigenvalue weighted by Gasteiger charge is -2.21. The molecule has 1 N–H and O–H groups in total. The van der Waals surface area contributed by atoms with Crippen LogP contribution in [0.15, 0.2) is 21.7 Å². The Kier molecular flexibility index (Phi) is 7.55. The number of carbonyl (C=O) groups is 2. The normalized spacial score (nSPS) is 12.0. The van der Waals surface area contributed by atoms with Gasteiger partial charge in [0.25, 0.3) is 5.91 Å². The van der Waals surface area contributed by atoms with Crippen LogP contribution in [0.1, 0.15) is 31.1 Å². The van der Waals surface area contributed by atoms with Crippen LogP contribution in [0.3, 0.4) is 0 Å². The number of ether oxygens (including phenoxy) is 1. The van der Waals surface area contributed by atoms with Gasteiger partial charge in [-0.15, -0.1) is 0 Å². The van der Waals surface area contributed by atoms with Crippen molar-refractivity contribution in [1.82, 2.24) is 19.0 Å². The highest BCUT2D eigenvalue weighted by molar-refractivity contribution is 7.71. The van der Waals surface area contributed by atoms with E-state index in [1.807, 2.05) is 0 Å². The van der Waals surface area contributed by atoms with Crippen molar-refractivity contribution in [3.8, 4) is 5.69 Å². The predicted octanol–water partition coefficient (Wildman–Crippen LogP) is 1.71. The minimum atomic E-state index is -0.997. The summed E-state index contributed by atoms with van der Waals surface area (Å²) in [5, 5.41) is 2.24. The zero-order valence-electron chi connectivity index (χ0n) is 17.6. The van der Waals surface area contributed by atoms with Crippen LogP contribution in [-0.2, 0) is 23.6 Å². The van der Waals surface area contributed by atoms with Gasteiger partial charge in [0, 0.05) is 14.1 Å². The lowest BCUT2D eigenvalue weighted by Crippen LogP contribution is -2.46. The maximum Gasteiger partial charge on any atom is 0.338 e. The topological polar surface area (TPSA) is 104 Å². The zero-order valence-corrected chi connectivity index (χ0v) is 19.1. The van der Waals surface area contributed by atoms with Crippen molar-refractivity contribution >= 4 is 35.7 Å². The fourth-order valence-corrected chi connectivity index (χ4v) is 3.20. The Bertz CT molecular complexity index is 1180. The van der Waals surface area contributed by atoms with Gasteiger partial charge in [0.2, 0.25) is 0 Å². The van der Waals surface area contributed by atoms with Crippen LogP contribution in [0.5, 0.6) is 0 Å². The third-order valence-corrected chi connectivity index (χ3v) is 5.41. The van der Waals surface area contributed by atoms with E-state index < -0.39 is 40.8 Å². The van der Waals surface area contributed by atoms with Crippen LogP contribution in [0.25, 0.3) is 5.69 Å². The van der Waals surface area contributed by atoms with Crippen molar-refractivity contribution < 1.29 is 18.7 Å². The highest BCUT2D eigenvalue weighted by Crippen LogP contribution is 2.23. The molecule has 1 aromatic carbocycles. The van der Waals surface area contributed by atoms with E-state index in [2.05, 4.69) is 5.32 Å². The van der Waals surface area contributed by atoms with E-state index in [1.165, 1.54) is 14.1 Å². The summed E-state index contributed by atoms with van der Waals surface area (Å²) >= 11 is 11.1. The quantitative estimate of drug-likeness (QED) is 0.507. The maximum absolute atomic E-state index is 14.7. The van der Waals surface area contributed by atoms with E-state index in [9.17, 15) is 23.6 Å². The van der Waals surface area contributed by atoms with Crippen molar-refractivity contribution in [2.75, 3.05) is 6.61 Å². The Hall–Kier alpha value is -2.79. The molecule has 1 aromatic heterocycles. The minimum Gasteiger partial charge on any atom is -0.464 e. The van der Waals surface area contributed by atoms with Crippen molar-refractivity contribution in [2.24, 2.45) is 20.0 Å². The minimum absolute atomic E-state index is 0.0622. The summed E-state index contributed by atoms with van der Waals surface area (Å²) in [5.74, 6) is -2.74. The van der Waals surface area contributed by atoms with Crippen molar-refractivity contribution in [3.63, 3.8) is 0 Å². The first-order valence-corrected chi connectivity index (χ1v) is 10.1. The molecule has 0 spiro atoms. The molecule has 0 saturated heterocycles. The zero-order chi connectivity index (χ0) is 23.6. The first kappa shape index (κ1) is 24.5. The van der Waals surface area contributed by atoms with Gasteiger partial charge in [-0.3, -0.25) is 13.9 Å². The van der Waals surface area contributed by atoms with Gasteiger partial charge in [-0.2, -0.15) is 0 Å². The first-order valence-electron chi connectivity index (χ1n) is 9.28. The van der Waals surface area contributed by atoms with Gasteiger partial charge < -0.3 is 10.1 Å². The summed E-state index contributed by atoms with van der Waals surface area (Å²) in [7, 11) is 2.66. The molecule has 0 radical (unpaired) electrons. The Morgan fingerprint density at radius 2 is 1.74 bits per heavy atom. The molecule has 0 fully saturated rings. The van der Waals surface area contributed by atoms with Gasteiger partial charge in [-0.05, 0) is 37.2 Å². The van der Waals surface area contributed by atoms with Gasteiger partial charge in [-0.1, -0.05) is 25.4 Å². The highest BCUT2D eigenvalue weighted by atomic mass is 35.5. The molecule has 0 aliphatic carbocycles. The Labute approximate surface area is 187 Å². The van der Waals surface area contributed by atoms with E-state index in [0.717, 1.165) is 21.3 Å². The fourth-order valence-electron chi connectivity index (χ4n) is 2.81. The Balaban J connectivity index is 2.63. The van der Waals surface area contributed by atoms with Crippen LogP contribution < -0.4 is 16.7 Å². The summed E-state index contributed by atoms with van der Waals surface area (Å²) in [6, 6.07) is 0.806. The summed E-state index contributed by atoms with van der Waals surface area (Å²) in [5.41, 5.74) is -2.51. The first-order chi connectivity index (χ1) is 14.4. The summed E-state index contributed by atoms with van der Waals surface area (Å²) in [6.07, 6.45) is 0. The number of rotatable bonds is 6. The molecular formula is C19H22ClFN4O5S. The lowest BCUT2D eigenvalue weighted by atomic mass is 10.0. The van der Waals surface area contributed by atoms with Crippen molar-refractivity contribution in [1.29, 1.82) is 0 Å². The molecule has 0 saturated carbocycles. The predicted molar refractivity (Wildman–Crippen MR) is 115 cm³/mol. The molecule has 168 valence electrons. The molecule has 2 aromatic rings. The van der Waals surface area contributed by atoms with E-state index in [4.69, 9.17) is 28.6 Å². The van der Waals surface area contributed by atoms with E-state index in [1.54, 1.807) is 20.8 Å². The summed E-state index contributed by atoms with van der Waals surface area (Å²) < 4.78 is 22.1. The molecule has 12 heteroatoms. The van der Waals surface area contributed by atoms with E-state index in [-0.39, 0.29) is 27.9 Å². The molecule has 1 atom stereocenters. The summed E-state index contributed by atoms with van der Waals surface area (Å²) in [6.45, 7) is 5.17. The molecule has 2 rings (SSSR count). The number of nitrogens with one attached hydrogen (secondary N) is 1. The Morgan fingerprint density at radius 1 is 1.19 bits per heavy atom. The van der Waals surface area contributed by atoms with E-state index >= 15 is 0 Å². The van der Waals surface area contributed by atoms with Crippen LogP contribution in [-0.4, -0.2) is 38.2 Å². The molecular weight excluding hydrogens is 451 g/mol. The number of halogens is 2. The fraction of sp³-hybridized carbons (Fsp3) is 0.421. The van der Waals surface area contributed by atoms with Gasteiger partial charge in [0.05, 0.1) is 22.9 Å². The molecule has 1 heterocycles. The van der Waals surface area contributed by atoms with Crippen LogP contribution in [0, 0.1) is 16.5 Å². The SMILES string of the molecule is CCOC(=O)C(NC(=O)c1cc(-n2c(=O)n(C)c(=S)n(C)c2=O)c(F)cc1Cl)C(C)C. The third kappa shape index (κ3) is 4.77. The number of aromatic nitrogens is 3. The molecule has 9 nitrogen and oxygen atoms in total. The second-order valence-electron chi connectivity index (χ2n) is 7.03.